The number of hydrogen-bond acceptors (Lipinski definition) is 4. The van der Waals surface area contributed by atoms with Crippen molar-refractivity contribution in [3.63, 3.8) is 0 Å². The molecule has 0 aliphatic heterocycles. The van der Waals surface area contributed by atoms with Gasteiger partial charge in [-0.05, 0) is 48.6 Å². The molecule has 4 nitrogen and oxygen atoms in total. The average molecular weight is 340 g/mol. The molecule has 0 aromatic heterocycles. The first kappa shape index (κ1) is 17.3. The summed E-state index contributed by atoms with van der Waals surface area (Å²) in [7, 11) is 3.27. The number of rotatable bonds is 5. The van der Waals surface area contributed by atoms with Gasteiger partial charge in [-0.25, -0.2) is 0 Å². The third-order valence-corrected chi connectivity index (χ3v) is 4.86. The molecular formula is C21H24O4. The van der Waals surface area contributed by atoms with Crippen LogP contribution in [0.1, 0.15) is 36.0 Å². The minimum absolute atomic E-state index is 0.0381. The van der Waals surface area contributed by atoms with Gasteiger partial charge >= 0.3 is 5.97 Å². The number of carbonyl (C=O) groups excluding carboxylic acids is 1. The maximum absolute atomic E-state index is 12.6. The number of carbonyl (C=O) groups is 1. The minimum atomic E-state index is -0.187. The molecule has 2 atom stereocenters. The number of esters is 1. The topological polar surface area (TPSA) is 44.8 Å². The Morgan fingerprint density at radius 1 is 1.08 bits per heavy atom. The molecule has 0 fully saturated rings. The summed E-state index contributed by atoms with van der Waals surface area (Å²) in [6.07, 6.45) is 1.59. The van der Waals surface area contributed by atoms with Gasteiger partial charge in [0, 0.05) is 5.92 Å². The summed E-state index contributed by atoms with van der Waals surface area (Å²) in [6, 6.07) is 14.2. The summed E-state index contributed by atoms with van der Waals surface area (Å²) in [5.41, 5.74) is 3.44. The van der Waals surface area contributed by atoms with Crippen LogP contribution in [-0.4, -0.2) is 26.8 Å². The van der Waals surface area contributed by atoms with E-state index in [-0.39, 0.29) is 17.8 Å². The van der Waals surface area contributed by atoms with Crippen LogP contribution in [-0.2, 0) is 16.0 Å². The highest BCUT2D eigenvalue weighted by Gasteiger charge is 2.37. The maximum atomic E-state index is 12.6. The number of ether oxygens (including phenoxy) is 3. The fourth-order valence-corrected chi connectivity index (χ4v) is 3.71. The van der Waals surface area contributed by atoms with Gasteiger partial charge in [-0.1, -0.05) is 30.3 Å². The standard InChI is InChI=1S/C21H24O4/c1-4-25-21(22)16-11-10-15-12-18(23-2)19(24-3)13-17(15)20(16)14-8-6-5-7-9-14/h5-9,12-13,16,20H,4,10-11H2,1-3H3/t16-,20-/m1/s1. The van der Waals surface area contributed by atoms with E-state index in [0.717, 1.165) is 29.7 Å². The van der Waals surface area contributed by atoms with Gasteiger partial charge in [0.15, 0.2) is 11.5 Å². The quantitative estimate of drug-likeness (QED) is 0.773. The van der Waals surface area contributed by atoms with E-state index in [1.54, 1.807) is 14.2 Å². The van der Waals surface area contributed by atoms with Gasteiger partial charge in [0.05, 0.1) is 26.7 Å². The van der Waals surface area contributed by atoms with Crippen LogP contribution in [0.15, 0.2) is 42.5 Å². The molecule has 2 aromatic carbocycles. The van der Waals surface area contributed by atoms with Crippen LogP contribution in [0.2, 0.25) is 0 Å². The molecule has 1 aliphatic rings. The molecule has 0 bridgehead atoms. The number of hydrogen-bond donors (Lipinski definition) is 0. The largest absolute Gasteiger partial charge is 0.493 e. The Bertz CT molecular complexity index is 739. The van der Waals surface area contributed by atoms with Gasteiger partial charge in [0.2, 0.25) is 0 Å². The van der Waals surface area contributed by atoms with E-state index in [4.69, 9.17) is 14.2 Å². The lowest BCUT2D eigenvalue weighted by atomic mass is 9.71. The predicted molar refractivity (Wildman–Crippen MR) is 96.3 cm³/mol. The van der Waals surface area contributed by atoms with Crippen molar-refractivity contribution in [2.24, 2.45) is 5.92 Å². The fraction of sp³-hybridized carbons (Fsp3) is 0.381. The maximum Gasteiger partial charge on any atom is 0.309 e. The van der Waals surface area contributed by atoms with Gasteiger partial charge in [0.1, 0.15) is 0 Å². The molecule has 0 saturated carbocycles. The van der Waals surface area contributed by atoms with E-state index < -0.39 is 0 Å². The van der Waals surface area contributed by atoms with Crippen LogP contribution in [0.5, 0.6) is 11.5 Å². The monoisotopic (exact) mass is 340 g/mol. The number of fused-ring (bicyclic) bond motifs is 1. The van der Waals surface area contributed by atoms with Gasteiger partial charge in [0.25, 0.3) is 0 Å². The molecule has 0 unspecified atom stereocenters. The van der Waals surface area contributed by atoms with Crippen LogP contribution in [0.4, 0.5) is 0 Å². The Kier molecular flexibility index (Phi) is 5.27. The third kappa shape index (κ3) is 3.34. The second-order valence-electron chi connectivity index (χ2n) is 6.19. The van der Waals surface area contributed by atoms with Crippen molar-refractivity contribution >= 4 is 5.97 Å². The molecule has 4 heteroatoms. The Labute approximate surface area is 148 Å². The SMILES string of the molecule is CCOC(=O)[C@@H]1CCc2cc(OC)c(OC)cc2[C@@H]1c1ccccc1. The normalized spacial score (nSPS) is 19.0. The van der Waals surface area contributed by atoms with Crippen molar-refractivity contribution in [1.29, 1.82) is 0 Å². The van der Waals surface area contributed by atoms with Crippen LogP contribution in [0.3, 0.4) is 0 Å². The van der Waals surface area contributed by atoms with E-state index in [1.165, 1.54) is 5.56 Å². The Morgan fingerprint density at radius 2 is 1.76 bits per heavy atom. The summed E-state index contributed by atoms with van der Waals surface area (Å²) in [5.74, 6) is 1.06. The van der Waals surface area contributed by atoms with Gasteiger partial charge in [-0.3, -0.25) is 4.79 Å². The van der Waals surface area contributed by atoms with E-state index in [1.807, 2.05) is 37.3 Å². The molecule has 0 saturated heterocycles. The zero-order chi connectivity index (χ0) is 17.8. The highest BCUT2D eigenvalue weighted by atomic mass is 16.5. The molecule has 0 radical (unpaired) electrons. The van der Waals surface area contributed by atoms with Crippen LogP contribution in [0, 0.1) is 5.92 Å². The Hall–Kier alpha value is -2.49. The fourth-order valence-electron chi connectivity index (χ4n) is 3.71. The molecular weight excluding hydrogens is 316 g/mol. The first-order chi connectivity index (χ1) is 12.2. The number of benzene rings is 2. The van der Waals surface area contributed by atoms with Gasteiger partial charge in [-0.2, -0.15) is 0 Å². The Morgan fingerprint density at radius 3 is 2.40 bits per heavy atom. The average Bonchev–Trinajstić information content (AvgIpc) is 2.66. The van der Waals surface area contributed by atoms with Crippen LogP contribution < -0.4 is 9.47 Å². The predicted octanol–water partition coefficient (Wildman–Crippen LogP) is 3.96. The second-order valence-corrected chi connectivity index (χ2v) is 6.19. The Balaban J connectivity index is 2.12. The first-order valence-electron chi connectivity index (χ1n) is 8.66. The van der Waals surface area contributed by atoms with Crippen molar-refractivity contribution in [3.8, 4) is 11.5 Å². The lowest BCUT2D eigenvalue weighted by Crippen LogP contribution is -2.30. The van der Waals surface area contributed by atoms with Gasteiger partial charge < -0.3 is 14.2 Å². The van der Waals surface area contributed by atoms with E-state index in [0.29, 0.717) is 12.4 Å². The van der Waals surface area contributed by atoms with E-state index in [9.17, 15) is 4.79 Å². The smallest absolute Gasteiger partial charge is 0.309 e. The number of methoxy groups -OCH3 is 2. The lowest BCUT2D eigenvalue weighted by Gasteiger charge is -2.33. The van der Waals surface area contributed by atoms with E-state index in [2.05, 4.69) is 12.1 Å². The van der Waals surface area contributed by atoms with Crippen molar-refractivity contribution in [2.45, 2.75) is 25.7 Å². The summed E-state index contributed by atoms with van der Waals surface area (Å²) < 4.78 is 16.3. The van der Waals surface area contributed by atoms with Crippen molar-refractivity contribution in [3.05, 3.63) is 59.2 Å². The lowest BCUT2D eigenvalue weighted by molar-refractivity contribution is -0.149. The summed E-state index contributed by atoms with van der Waals surface area (Å²) in [5, 5.41) is 0. The molecule has 132 valence electrons. The molecule has 0 heterocycles. The second kappa shape index (κ2) is 7.60. The van der Waals surface area contributed by atoms with Crippen LogP contribution in [0.25, 0.3) is 0 Å². The molecule has 0 N–H and O–H groups in total. The summed E-state index contributed by atoms with van der Waals surface area (Å²) in [4.78, 5) is 12.6. The highest BCUT2D eigenvalue weighted by Crippen LogP contribution is 2.45. The van der Waals surface area contributed by atoms with Gasteiger partial charge in [-0.15, -0.1) is 0 Å². The molecule has 0 spiro atoms. The highest BCUT2D eigenvalue weighted by molar-refractivity contribution is 5.75. The number of aryl methyl sites for hydroxylation is 1. The zero-order valence-corrected chi connectivity index (χ0v) is 15.0. The molecule has 3 rings (SSSR count). The third-order valence-electron chi connectivity index (χ3n) is 4.86. The molecule has 0 amide bonds. The van der Waals surface area contributed by atoms with Crippen molar-refractivity contribution in [2.75, 3.05) is 20.8 Å². The zero-order valence-electron chi connectivity index (χ0n) is 15.0. The first-order valence-corrected chi connectivity index (χ1v) is 8.66. The van der Waals surface area contributed by atoms with Crippen molar-refractivity contribution in [1.82, 2.24) is 0 Å². The molecule has 2 aromatic rings. The van der Waals surface area contributed by atoms with Crippen LogP contribution >= 0.6 is 0 Å². The molecule has 25 heavy (non-hydrogen) atoms. The van der Waals surface area contributed by atoms with Crippen molar-refractivity contribution < 1.29 is 19.0 Å². The van der Waals surface area contributed by atoms with E-state index >= 15 is 0 Å². The summed E-state index contributed by atoms with van der Waals surface area (Å²) >= 11 is 0. The summed E-state index contributed by atoms with van der Waals surface area (Å²) in [6.45, 7) is 2.25. The molecule has 1 aliphatic carbocycles. The minimum Gasteiger partial charge on any atom is -0.493 e.